The molecule has 0 spiro atoms. The van der Waals surface area contributed by atoms with E-state index in [4.69, 9.17) is 17.3 Å². The zero-order valence-corrected chi connectivity index (χ0v) is 12.5. The summed E-state index contributed by atoms with van der Waals surface area (Å²) >= 11 is 5.82. The number of primary amides is 1. The molecular weight excluding hydrogens is 305 g/mol. The van der Waals surface area contributed by atoms with Crippen LogP contribution in [0.15, 0.2) is 17.7 Å². The molecule has 0 aromatic carbocycles. The van der Waals surface area contributed by atoms with Gasteiger partial charge in [-0.15, -0.1) is 0 Å². The second kappa shape index (κ2) is 6.93. The van der Waals surface area contributed by atoms with E-state index in [-0.39, 0.29) is 16.3 Å². The summed E-state index contributed by atoms with van der Waals surface area (Å²) in [5, 5.41) is -0.329. The third kappa shape index (κ3) is 4.46. The number of hydrogen-bond donors (Lipinski definition) is 1. The normalized spacial score (nSPS) is 12.6. The minimum absolute atomic E-state index is 0.228. The second-order valence-corrected chi connectivity index (χ2v) is 4.84. The largest absolute Gasteiger partial charge is 0.433 e. The molecule has 0 unspecified atom stereocenters. The highest BCUT2D eigenvalue weighted by Crippen LogP contribution is 2.32. The van der Waals surface area contributed by atoms with Crippen molar-refractivity contribution in [3.05, 3.63) is 39.7 Å². The van der Waals surface area contributed by atoms with Gasteiger partial charge in [-0.05, 0) is 32.3 Å². The number of hydrogen-bond acceptors (Lipinski definition) is 2. The van der Waals surface area contributed by atoms with E-state index in [1.165, 1.54) is 0 Å². The van der Waals surface area contributed by atoms with Crippen LogP contribution in [0.2, 0.25) is 5.15 Å². The lowest BCUT2D eigenvalue weighted by atomic mass is 9.99. The summed E-state index contributed by atoms with van der Waals surface area (Å²) in [5.41, 5.74) is 5.08. The molecule has 1 heterocycles. The van der Waals surface area contributed by atoms with Gasteiger partial charge in [0.1, 0.15) is 10.8 Å². The number of pyridine rings is 1. The first-order valence-corrected chi connectivity index (χ1v) is 6.79. The Bertz CT molecular complexity index is 568. The Morgan fingerprint density at radius 1 is 1.48 bits per heavy atom. The molecule has 0 aliphatic carbocycles. The van der Waals surface area contributed by atoms with Crippen LogP contribution in [0.3, 0.4) is 0 Å². The fourth-order valence-electron chi connectivity index (χ4n) is 1.95. The first-order chi connectivity index (χ1) is 9.70. The van der Waals surface area contributed by atoms with Crippen LogP contribution >= 0.6 is 11.6 Å². The highest BCUT2D eigenvalue weighted by molar-refractivity contribution is 6.30. The quantitative estimate of drug-likeness (QED) is 0.654. The molecule has 0 aliphatic heterocycles. The number of alkyl halides is 3. The molecule has 0 bridgehead atoms. The molecule has 3 nitrogen and oxygen atoms in total. The zero-order valence-electron chi connectivity index (χ0n) is 11.7. The van der Waals surface area contributed by atoms with Crippen LogP contribution in [0.25, 0.3) is 0 Å². The minimum atomic E-state index is -4.68. The van der Waals surface area contributed by atoms with Crippen molar-refractivity contribution >= 4 is 17.5 Å². The maximum atomic E-state index is 12.7. The van der Waals surface area contributed by atoms with Crippen LogP contribution in [0.1, 0.15) is 48.3 Å². The number of aromatic nitrogens is 1. The highest BCUT2D eigenvalue weighted by Gasteiger charge is 2.34. The summed E-state index contributed by atoms with van der Waals surface area (Å²) in [4.78, 5) is 14.7. The van der Waals surface area contributed by atoms with Crippen LogP contribution in [-0.4, -0.2) is 10.9 Å². The van der Waals surface area contributed by atoms with Crippen LogP contribution in [0, 0.1) is 0 Å². The fourth-order valence-corrected chi connectivity index (χ4v) is 2.24. The van der Waals surface area contributed by atoms with Crippen LogP contribution in [0.4, 0.5) is 13.2 Å². The maximum Gasteiger partial charge on any atom is 0.433 e. The molecule has 1 aromatic rings. The molecule has 0 saturated heterocycles. The van der Waals surface area contributed by atoms with Gasteiger partial charge in [0.15, 0.2) is 0 Å². The predicted octanol–water partition coefficient (Wildman–Crippen LogP) is 4.14. The van der Waals surface area contributed by atoms with Gasteiger partial charge >= 0.3 is 6.18 Å². The first-order valence-electron chi connectivity index (χ1n) is 6.41. The van der Waals surface area contributed by atoms with Crippen molar-refractivity contribution in [3.8, 4) is 0 Å². The Labute approximate surface area is 126 Å². The molecule has 2 N–H and O–H groups in total. The molecule has 7 heteroatoms. The SMILES string of the molecule is C/C=C(/CC)CCc1c(C(N)=O)cc(C(F)(F)F)nc1Cl. The van der Waals surface area contributed by atoms with Gasteiger partial charge in [-0.3, -0.25) is 4.79 Å². The Hall–Kier alpha value is -1.56. The van der Waals surface area contributed by atoms with Crippen molar-refractivity contribution in [1.29, 1.82) is 0 Å². The van der Waals surface area contributed by atoms with Crippen LogP contribution < -0.4 is 5.73 Å². The number of amides is 1. The topological polar surface area (TPSA) is 56.0 Å². The van der Waals surface area contributed by atoms with Crippen LogP contribution in [0.5, 0.6) is 0 Å². The number of halogens is 4. The van der Waals surface area contributed by atoms with Gasteiger partial charge in [-0.25, -0.2) is 4.98 Å². The van der Waals surface area contributed by atoms with E-state index in [1.54, 1.807) is 0 Å². The van der Waals surface area contributed by atoms with Gasteiger partial charge in [0.2, 0.25) is 5.91 Å². The van der Waals surface area contributed by atoms with Gasteiger partial charge in [-0.1, -0.05) is 30.2 Å². The lowest BCUT2D eigenvalue weighted by molar-refractivity contribution is -0.141. The van der Waals surface area contributed by atoms with Crippen molar-refractivity contribution in [2.24, 2.45) is 5.73 Å². The molecule has 0 atom stereocenters. The Morgan fingerprint density at radius 3 is 2.52 bits per heavy atom. The first kappa shape index (κ1) is 17.5. The van der Waals surface area contributed by atoms with E-state index in [1.807, 2.05) is 19.9 Å². The van der Waals surface area contributed by atoms with E-state index in [9.17, 15) is 18.0 Å². The minimum Gasteiger partial charge on any atom is -0.366 e. The van der Waals surface area contributed by atoms with Gasteiger partial charge in [-0.2, -0.15) is 13.2 Å². The molecule has 1 rings (SSSR count). The molecular formula is C14H16ClF3N2O. The monoisotopic (exact) mass is 320 g/mol. The smallest absolute Gasteiger partial charge is 0.366 e. The van der Waals surface area contributed by atoms with Crippen LogP contribution in [-0.2, 0) is 12.6 Å². The maximum absolute atomic E-state index is 12.7. The average molecular weight is 321 g/mol. The van der Waals surface area contributed by atoms with E-state index in [0.717, 1.165) is 12.0 Å². The van der Waals surface area contributed by atoms with Crippen molar-refractivity contribution < 1.29 is 18.0 Å². The lowest BCUT2D eigenvalue weighted by Crippen LogP contribution is -2.18. The molecule has 0 saturated carbocycles. The molecule has 1 amide bonds. The highest BCUT2D eigenvalue weighted by atomic mass is 35.5. The molecule has 116 valence electrons. The third-order valence-corrected chi connectivity index (χ3v) is 3.50. The number of allylic oxidation sites excluding steroid dienone is 2. The summed E-state index contributed by atoms with van der Waals surface area (Å²) in [6, 6.07) is 0.658. The van der Waals surface area contributed by atoms with E-state index >= 15 is 0 Å². The van der Waals surface area contributed by atoms with Crippen molar-refractivity contribution in [2.75, 3.05) is 0 Å². The zero-order chi connectivity index (χ0) is 16.2. The van der Waals surface area contributed by atoms with Gasteiger partial charge in [0, 0.05) is 11.1 Å². The second-order valence-electron chi connectivity index (χ2n) is 4.49. The fraction of sp³-hybridized carbons (Fsp3) is 0.429. The van der Waals surface area contributed by atoms with Gasteiger partial charge in [0.05, 0.1) is 0 Å². The third-order valence-electron chi connectivity index (χ3n) is 3.19. The predicted molar refractivity (Wildman–Crippen MR) is 75.1 cm³/mol. The standard InChI is InChI=1S/C14H16ClF3N2O/c1-3-8(4-2)5-6-9-10(13(19)21)7-11(14(16,17)18)20-12(9)15/h3,7H,4-6H2,1-2H3,(H2,19,21)/b8-3-. The van der Waals surface area contributed by atoms with Gasteiger partial charge in [0.25, 0.3) is 0 Å². The Morgan fingerprint density at radius 2 is 2.10 bits per heavy atom. The Kier molecular flexibility index (Phi) is 5.78. The number of rotatable bonds is 5. The van der Waals surface area contributed by atoms with Crippen molar-refractivity contribution in [1.82, 2.24) is 4.98 Å². The van der Waals surface area contributed by atoms with E-state index in [0.29, 0.717) is 18.9 Å². The molecule has 0 fully saturated rings. The summed E-state index contributed by atoms with van der Waals surface area (Å²) in [6.45, 7) is 3.84. The molecule has 1 aromatic heterocycles. The van der Waals surface area contributed by atoms with E-state index < -0.39 is 17.8 Å². The number of carbonyl (C=O) groups is 1. The molecule has 21 heavy (non-hydrogen) atoms. The summed E-state index contributed by atoms with van der Waals surface area (Å²) in [5.74, 6) is -0.946. The van der Waals surface area contributed by atoms with Gasteiger partial charge < -0.3 is 5.73 Å². The molecule has 0 aliphatic rings. The summed E-state index contributed by atoms with van der Waals surface area (Å²) < 4.78 is 38.1. The molecule has 0 radical (unpaired) electrons. The Balaban J connectivity index is 3.23. The number of nitrogens with zero attached hydrogens (tertiary/aromatic N) is 1. The number of nitrogens with two attached hydrogens (primary N) is 1. The summed E-state index contributed by atoms with van der Waals surface area (Å²) in [7, 11) is 0. The van der Waals surface area contributed by atoms with Crippen molar-refractivity contribution in [3.63, 3.8) is 0 Å². The van der Waals surface area contributed by atoms with Crippen molar-refractivity contribution in [2.45, 2.75) is 39.3 Å². The number of carbonyl (C=O) groups excluding carboxylic acids is 1. The average Bonchev–Trinajstić information content (AvgIpc) is 2.39. The lowest BCUT2D eigenvalue weighted by Gasteiger charge is -2.13. The van der Waals surface area contributed by atoms with E-state index in [2.05, 4.69) is 4.98 Å². The summed E-state index contributed by atoms with van der Waals surface area (Å²) in [6.07, 6.45) is -1.04.